The van der Waals surface area contributed by atoms with Gasteiger partial charge < -0.3 is 9.47 Å². The number of benzene rings is 2. The molecule has 2 aromatic rings. The molecule has 0 aromatic heterocycles. The predicted molar refractivity (Wildman–Crippen MR) is 117 cm³/mol. The maximum Gasteiger partial charge on any atom is 0.335 e. The Kier molecular flexibility index (Phi) is 6.72. The number of carbonyl (C=O) groups is 1. The van der Waals surface area contributed by atoms with Crippen LogP contribution in [0.1, 0.15) is 37.8 Å². The number of esters is 1. The minimum atomic E-state index is -1.13. The van der Waals surface area contributed by atoms with E-state index in [-0.39, 0.29) is 22.3 Å². The third-order valence-electron chi connectivity index (χ3n) is 5.28. The average molecular weight is 490 g/mol. The molecule has 0 bridgehead atoms. The molecule has 3 rings (SSSR count). The van der Waals surface area contributed by atoms with Crippen LogP contribution in [0.2, 0.25) is 0 Å². The summed E-state index contributed by atoms with van der Waals surface area (Å²) < 4.78 is 10.6. The molecule has 0 unspecified atom stereocenters. The molecule has 1 aliphatic rings. The maximum absolute atomic E-state index is 12.1. The van der Waals surface area contributed by atoms with Gasteiger partial charge in [0.2, 0.25) is 0 Å². The van der Waals surface area contributed by atoms with Gasteiger partial charge in [0.05, 0.1) is 55.7 Å². The van der Waals surface area contributed by atoms with Gasteiger partial charge in [-0.1, -0.05) is 0 Å². The van der Waals surface area contributed by atoms with E-state index in [0.29, 0.717) is 12.1 Å². The molecule has 35 heavy (non-hydrogen) atoms. The van der Waals surface area contributed by atoms with Gasteiger partial charge in [0.25, 0.3) is 22.7 Å². The number of carbonyl (C=O) groups excluding carboxylic acids is 1. The zero-order chi connectivity index (χ0) is 26.2. The van der Waals surface area contributed by atoms with Crippen molar-refractivity contribution in [2.24, 2.45) is 0 Å². The lowest BCUT2D eigenvalue weighted by molar-refractivity contribution is -0.395. The van der Waals surface area contributed by atoms with Crippen molar-refractivity contribution >= 4 is 28.7 Å². The van der Waals surface area contributed by atoms with Crippen molar-refractivity contribution in [1.82, 2.24) is 0 Å². The number of nitro benzene ring substituents is 4. The molecule has 184 valence electrons. The molecule has 0 saturated carbocycles. The van der Waals surface area contributed by atoms with Gasteiger partial charge in [-0.3, -0.25) is 40.5 Å². The van der Waals surface area contributed by atoms with Crippen LogP contribution < -0.4 is 0 Å². The van der Waals surface area contributed by atoms with Gasteiger partial charge in [-0.15, -0.1) is 0 Å². The minimum Gasteiger partial charge on any atom is -0.461 e. The van der Waals surface area contributed by atoms with Crippen molar-refractivity contribution < 1.29 is 34.0 Å². The number of nitro groups is 4. The smallest absolute Gasteiger partial charge is 0.335 e. The largest absolute Gasteiger partial charge is 0.461 e. The van der Waals surface area contributed by atoms with Gasteiger partial charge in [-0.25, -0.2) is 4.79 Å². The number of hydrogen-bond acceptors (Lipinski definition) is 11. The third-order valence-corrected chi connectivity index (χ3v) is 5.28. The molecular weight excluding hydrogens is 472 g/mol. The van der Waals surface area contributed by atoms with E-state index in [0.717, 1.165) is 12.1 Å². The fourth-order valence-electron chi connectivity index (χ4n) is 3.84. The van der Waals surface area contributed by atoms with Gasteiger partial charge in [0.1, 0.15) is 0 Å². The molecule has 15 nitrogen and oxygen atoms in total. The molecule has 0 aliphatic heterocycles. The van der Waals surface area contributed by atoms with E-state index in [9.17, 15) is 45.3 Å². The van der Waals surface area contributed by atoms with Crippen LogP contribution in [-0.4, -0.2) is 44.5 Å². The van der Waals surface area contributed by atoms with Crippen molar-refractivity contribution in [3.63, 3.8) is 0 Å². The fourth-order valence-corrected chi connectivity index (χ4v) is 3.84. The first kappa shape index (κ1) is 25.1. The third kappa shape index (κ3) is 4.74. The Bertz CT molecular complexity index is 1190. The van der Waals surface area contributed by atoms with E-state index in [1.165, 1.54) is 6.92 Å². The van der Waals surface area contributed by atoms with Crippen LogP contribution >= 0.6 is 0 Å². The zero-order valence-corrected chi connectivity index (χ0v) is 18.5. The highest BCUT2D eigenvalue weighted by molar-refractivity contribution is 5.93. The topological polar surface area (TPSA) is 208 Å². The predicted octanol–water partition coefficient (Wildman–Crippen LogP) is 3.79. The van der Waals surface area contributed by atoms with Crippen molar-refractivity contribution in [2.45, 2.75) is 38.9 Å². The highest BCUT2D eigenvalue weighted by Crippen LogP contribution is 2.54. The molecule has 0 radical (unpaired) electrons. The van der Waals surface area contributed by atoms with Gasteiger partial charge in [0, 0.05) is 18.1 Å². The Morgan fingerprint density at radius 3 is 1.57 bits per heavy atom. The first-order valence-corrected chi connectivity index (χ1v) is 10.1. The Morgan fingerprint density at radius 1 is 0.800 bits per heavy atom. The summed E-state index contributed by atoms with van der Waals surface area (Å²) in [4.78, 5) is 54.9. The van der Waals surface area contributed by atoms with Crippen molar-refractivity contribution in [2.75, 3.05) is 6.61 Å². The van der Waals surface area contributed by atoms with Crippen LogP contribution in [0.3, 0.4) is 0 Å². The van der Waals surface area contributed by atoms with Crippen LogP contribution in [0.5, 0.6) is 0 Å². The lowest BCUT2D eigenvalue weighted by atomic mass is 9.96. The average Bonchev–Trinajstić information content (AvgIpc) is 3.08. The lowest BCUT2D eigenvalue weighted by Crippen LogP contribution is -2.27. The summed E-state index contributed by atoms with van der Waals surface area (Å²) in [6.07, 6.45) is -1.58. The van der Waals surface area contributed by atoms with E-state index >= 15 is 0 Å². The van der Waals surface area contributed by atoms with E-state index in [4.69, 9.17) is 9.47 Å². The summed E-state index contributed by atoms with van der Waals surface area (Å²) in [5.74, 6) is -1.85. The number of hydrogen-bond donors (Lipinski definition) is 0. The Morgan fingerprint density at radius 2 is 1.23 bits per heavy atom. The van der Waals surface area contributed by atoms with Gasteiger partial charge in [-0.2, -0.15) is 0 Å². The maximum atomic E-state index is 12.1. The molecule has 0 saturated heterocycles. The van der Waals surface area contributed by atoms with Gasteiger partial charge in [0.15, 0.2) is 6.10 Å². The standard InChI is InChI=1S/C20H18N4O11/c1-9(2)35-20(25)10(3)34-8-15-13-4-11(21(26)27)6-16(23(30)31)18(13)19-14(15)5-12(22(28)29)7-17(19)24(32)33/h4-7,9-10,15H,8H2,1-3H3/t10-/m0/s1. The summed E-state index contributed by atoms with van der Waals surface area (Å²) in [6, 6.07) is 3.34. The van der Waals surface area contributed by atoms with E-state index < -0.39 is 73.1 Å². The quantitative estimate of drug-likeness (QED) is 0.280. The van der Waals surface area contributed by atoms with Crippen LogP contribution in [-0.2, 0) is 14.3 Å². The monoisotopic (exact) mass is 490 g/mol. The molecule has 0 heterocycles. The zero-order valence-electron chi connectivity index (χ0n) is 18.5. The second kappa shape index (κ2) is 9.38. The Balaban J connectivity index is 2.25. The first-order valence-electron chi connectivity index (χ1n) is 10.1. The second-order valence-corrected chi connectivity index (χ2v) is 7.90. The van der Waals surface area contributed by atoms with Crippen molar-refractivity contribution in [3.8, 4) is 11.1 Å². The molecule has 1 atom stereocenters. The van der Waals surface area contributed by atoms with Crippen LogP contribution in [0.15, 0.2) is 24.3 Å². The SMILES string of the molecule is CC(C)OC(=O)[C@H](C)OCC1c2cc([N+](=O)[O-])cc([N+](=O)[O-])c2-c2c1cc([N+](=O)[O-])cc2[N+](=O)[O-]. The minimum absolute atomic E-state index is 0.0612. The summed E-state index contributed by atoms with van der Waals surface area (Å²) in [5.41, 5.74) is -3.53. The summed E-state index contributed by atoms with van der Waals surface area (Å²) in [5, 5.41) is 46.4. The molecule has 0 spiro atoms. The Hall–Kier alpha value is -4.53. The number of ether oxygens (including phenoxy) is 2. The number of non-ortho nitro benzene ring substituents is 2. The fraction of sp³-hybridized carbons (Fsp3) is 0.350. The Labute approximate surface area is 195 Å². The highest BCUT2D eigenvalue weighted by atomic mass is 16.6. The van der Waals surface area contributed by atoms with E-state index in [1.54, 1.807) is 13.8 Å². The number of nitrogens with zero attached hydrogens (tertiary/aromatic N) is 4. The lowest BCUT2D eigenvalue weighted by Gasteiger charge is -2.18. The molecule has 1 aliphatic carbocycles. The van der Waals surface area contributed by atoms with Crippen molar-refractivity contribution in [1.29, 1.82) is 0 Å². The van der Waals surface area contributed by atoms with E-state index in [1.807, 2.05) is 0 Å². The normalized spacial score (nSPS) is 13.1. The molecule has 15 heteroatoms. The number of fused-ring (bicyclic) bond motifs is 3. The molecule has 0 fully saturated rings. The summed E-state index contributed by atoms with van der Waals surface area (Å²) in [6.45, 7) is 4.17. The summed E-state index contributed by atoms with van der Waals surface area (Å²) in [7, 11) is 0. The van der Waals surface area contributed by atoms with Crippen molar-refractivity contribution in [3.05, 3.63) is 75.8 Å². The van der Waals surface area contributed by atoms with Gasteiger partial charge >= 0.3 is 5.97 Å². The molecule has 2 aromatic carbocycles. The molecule has 0 amide bonds. The summed E-state index contributed by atoms with van der Waals surface area (Å²) >= 11 is 0. The molecular formula is C20H18N4O11. The number of rotatable bonds is 9. The van der Waals surface area contributed by atoms with E-state index in [2.05, 4.69) is 0 Å². The highest BCUT2D eigenvalue weighted by Gasteiger charge is 2.43. The van der Waals surface area contributed by atoms with Crippen LogP contribution in [0.4, 0.5) is 22.7 Å². The van der Waals surface area contributed by atoms with Gasteiger partial charge in [-0.05, 0) is 31.9 Å². The van der Waals surface area contributed by atoms with Crippen LogP contribution in [0, 0.1) is 40.5 Å². The first-order chi connectivity index (χ1) is 16.3. The molecule has 0 N–H and O–H groups in total. The second-order valence-electron chi connectivity index (χ2n) is 7.90. The van der Waals surface area contributed by atoms with Crippen LogP contribution in [0.25, 0.3) is 11.1 Å².